The minimum Gasteiger partial charge on any atom is -0.490 e. The van der Waals surface area contributed by atoms with E-state index < -0.39 is 0 Å². The maximum atomic E-state index is 12.3. The number of carbonyl (C=O) groups is 1. The number of amides is 1. The van der Waals surface area contributed by atoms with Crippen molar-refractivity contribution < 1.29 is 14.3 Å². The van der Waals surface area contributed by atoms with E-state index in [9.17, 15) is 4.79 Å². The smallest absolute Gasteiger partial charge is 0.271 e. The van der Waals surface area contributed by atoms with E-state index in [1.165, 1.54) is 10.8 Å². The average Bonchev–Trinajstić information content (AvgIpc) is 2.84. The van der Waals surface area contributed by atoms with Gasteiger partial charge in [0.25, 0.3) is 5.91 Å². The van der Waals surface area contributed by atoms with Crippen LogP contribution in [0.25, 0.3) is 10.8 Å². The van der Waals surface area contributed by atoms with Crippen LogP contribution in [0.5, 0.6) is 11.5 Å². The lowest BCUT2D eigenvalue weighted by atomic mass is 10.1. The normalized spacial score (nSPS) is 11.0. The van der Waals surface area contributed by atoms with Crippen LogP contribution in [0.3, 0.4) is 0 Å². The molecule has 0 unspecified atom stereocenters. The van der Waals surface area contributed by atoms with Gasteiger partial charge in [-0.25, -0.2) is 5.43 Å². The molecule has 1 amide bonds. The maximum absolute atomic E-state index is 12.3. The number of hydrogen-bond acceptors (Lipinski definition) is 4. The van der Waals surface area contributed by atoms with Crippen molar-refractivity contribution in [1.82, 2.24) is 5.43 Å². The number of hydrazone groups is 1. The van der Waals surface area contributed by atoms with Crippen LogP contribution in [0, 0.1) is 3.57 Å². The van der Waals surface area contributed by atoms with Gasteiger partial charge in [0.15, 0.2) is 11.5 Å². The van der Waals surface area contributed by atoms with E-state index in [2.05, 4.69) is 73.3 Å². The molecule has 0 atom stereocenters. The number of fused-ring (bicyclic) bond motifs is 1. The van der Waals surface area contributed by atoms with Crippen LogP contribution >= 0.6 is 38.5 Å². The summed E-state index contributed by atoms with van der Waals surface area (Å²) < 4.78 is 13.8. The summed E-state index contributed by atoms with van der Waals surface area (Å²) in [5.74, 6) is 1.03. The zero-order chi connectivity index (χ0) is 23.9. The highest BCUT2D eigenvalue weighted by Gasteiger charge is 2.13. The standard InChI is InChI=1S/C27H22BrIN2O3/c1-2-33-25-14-18(16-30-31-27(32)20-9-6-11-22(28)15-20)13-24(29)26(25)34-17-21-10-5-8-19-7-3-4-12-23(19)21/h3-16H,2,17H2,1H3,(H,31,32)/b30-16-. The summed E-state index contributed by atoms with van der Waals surface area (Å²) in [7, 11) is 0. The molecule has 4 rings (SSSR count). The Hall–Kier alpha value is -2.91. The second-order valence-electron chi connectivity index (χ2n) is 7.40. The van der Waals surface area contributed by atoms with Gasteiger partial charge in [0.2, 0.25) is 0 Å². The highest BCUT2D eigenvalue weighted by molar-refractivity contribution is 14.1. The summed E-state index contributed by atoms with van der Waals surface area (Å²) in [5, 5.41) is 6.46. The Bertz CT molecular complexity index is 1350. The Labute approximate surface area is 220 Å². The van der Waals surface area contributed by atoms with E-state index in [1.54, 1.807) is 24.4 Å². The first-order valence-corrected chi connectivity index (χ1v) is 12.6. The SMILES string of the molecule is CCOc1cc(/C=N\NC(=O)c2cccc(Br)c2)cc(I)c1OCc1cccc2ccccc12. The summed E-state index contributed by atoms with van der Waals surface area (Å²) >= 11 is 5.60. The number of rotatable bonds is 8. The van der Waals surface area contributed by atoms with Gasteiger partial charge in [0.05, 0.1) is 16.4 Å². The van der Waals surface area contributed by atoms with Gasteiger partial charge in [-0.05, 0) is 81.7 Å². The molecule has 172 valence electrons. The highest BCUT2D eigenvalue weighted by atomic mass is 127. The van der Waals surface area contributed by atoms with Crippen molar-refractivity contribution in [3.63, 3.8) is 0 Å². The van der Waals surface area contributed by atoms with Crippen LogP contribution in [0.15, 0.2) is 88.4 Å². The van der Waals surface area contributed by atoms with Gasteiger partial charge in [-0.1, -0.05) is 64.5 Å². The summed E-state index contributed by atoms with van der Waals surface area (Å²) in [4.78, 5) is 12.3. The quantitative estimate of drug-likeness (QED) is 0.131. The molecule has 4 aromatic carbocycles. The zero-order valence-corrected chi connectivity index (χ0v) is 22.2. The Balaban J connectivity index is 1.51. The number of nitrogens with one attached hydrogen (secondary N) is 1. The molecule has 7 heteroatoms. The third-order valence-electron chi connectivity index (χ3n) is 5.05. The van der Waals surface area contributed by atoms with E-state index >= 15 is 0 Å². The lowest BCUT2D eigenvalue weighted by molar-refractivity contribution is 0.0955. The monoisotopic (exact) mass is 628 g/mol. The predicted molar refractivity (Wildman–Crippen MR) is 148 cm³/mol. The van der Waals surface area contributed by atoms with Gasteiger partial charge in [-0.3, -0.25) is 4.79 Å². The number of halogens is 2. The van der Waals surface area contributed by atoms with Crippen molar-refractivity contribution in [3.05, 3.63) is 104 Å². The van der Waals surface area contributed by atoms with Crippen molar-refractivity contribution in [1.29, 1.82) is 0 Å². The zero-order valence-electron chi connectivity index (χ0n) is 18.4. The summed E-state index contributed by atoms with van der Waals surface area (Å²) in [6.07, 6.45) is 1.59. The minimum absolute atomic E-state index is 0.285. The van der Waals surface area contributed by atoms with Crippen molar-refractivity contribution in [3.8, 4) is 11.5 Å². The number of benzene rings is 4. The molecule has 0 fully saturated rings. The first-order valence-electron chi connectivity index (χ1n) is 10.7. The van der Waals surface area contributed by atoms with Gasteiger partial charge in [0.1, 0.15) is 6.61 Å². The fraction of sp³-hybridized carbons (Fsp3) is 0.111. The first-order chi connectivity index (χ1) is 16.5. The molecular weight excluding hydrogens is 607 g/mol. The fourth-order valence-electron chi connectivity index (χ4n) is 3.49. The van der Waals surface area contributed by atoms with Gasteiger partial charge in [-0.15, -0.1) is 0 Å². The third-order valence-corrected chi connectivity index (χ3v) is 6.34. The van der Waals surface area contributed by atoms with Crippen molar-refractivity contribution in [2.45, 2.75) is 13.5 Å². The lowest BCUT2D eigenvalue weighted by Crippen LogP contribution is -2.17. The molecule has 0 aliphatic heterocycles. The molecule has 0 heterocycles. The molecule has 4 aromatic rings. The molecule has 5 nitrogen and oxygen atoms in total. The average molecular weight is 629 g/mol. The van der Waals surface area contributed by atoms with E-state index in [0.717, 1.165) is 19.2 Å². The molecule has 0 saturated heterocycles. The Morgan fingerprint density at radius 3 is 2.65 bits per heavy atom. The molecular formula is C27H22BrIN2O3. The van der Waals surface area contributed by atoms with Crippen molar-refractivity contribution in [2.24, 2.45) is 5.10 Å². The Morgan fingerprint density at radius 2 is 1.82 bits per heavy atom. The van der Waals surface area contributed by atoms with Crippen LogP contribution in [0.4, 0.5) is 0 Å². The van der Waals surface area contributed by atoms with Gasteiger partial charge < -0.3 is 9.47 Å². The van der Waals surface area contributed by atoms with E-state index in [0.29, 0.717) is 30.3 Å². The van der Waals surface area contributed by atoms with Crippen LogP contribution in [-0.2, 0) is 6.61 Å². The second-order valence-corrected chi connectivity index (χ2v) is 9.48. The molecule has 0 bridgehead atoms. The van der Waals surface area contributed by atoms with Crippen LogP contribution in [0.1, 0.15) is 28.4 Å². The molecule has 0 aromatic heterocycles. The lowest BCUT2D eigenvalue weighted by Gasteiger charge is -2.15. The van der Waals surface area contributed by atoms with E-state index in [1.807, 2.05) is 43.3 Å². The predicted octanol–water partition coefficient (Wildman–Crippen LogP) is 6.95. The number of carbonyl (C=O) groups excluding carboxylic acids is 1. The first kappa shape index (κ1) is 24.2. The number of hydrogen-bond donors (Lipinski definition) is 1. The van der Waals surface area contributed by atoms with Crippen LogP contribution < -0.4 is 14.9 Å². The highest BCUT2D eigenvalue weighted by Crippen LogP contribution is 2.35. The molecule has 1 N–H and O–H groups in total. The number of ether oxygens (including phenoxy) is 2. The minimum atomic E-state index is -0.285. The van der Waals surface area contributed by atoms with E-state index in [-0.39, 0.29) is 5.91 Å². The third kappa shape index (κ3) is 5.95. The topological polar surface area (TPSA) is 59.9 Å². The van der Waals surface area contributed by atoms with Crippen molar-refractivity contribution in [2.75, 3.05) is 6.61 Å². The van der Waals surface area contributed by atoms with Crippen LogP contribution in [-0.4, -0.2) is 18.7 Å². The molecule has 0 spiro atoms. The van der Waals surface area contributed by atoms with Crippen LogP contribution in [0.2, 0.25) is 0 Å². The fourth-order valence-corrected chi connectivity index (χ4v) is 4.67. The molecule has 0 aliphatic rings. The summed E-state index contributed by atoms with van der Waals surface area (Å²) in [6.45, 7) is 2.86. The van der Waals surface area contributed by atoms with Crippen molar-refractivity contribution >= 4 is 61.4 Å². The van der Waals surface area contributed by atoms with Gasteiger partial charge in [0, 0.05) is 10.0 Å². The Morgan fingerprint density at radius 1 is 1.03 bits per heavy atom. The molecule has 0 aliphatic carbocycles. The summed E-state index contributed by atoms with van der Waals surface area (Å²) in [6, 6.07) is 25.4. The van der Waals surface area contributed by atoms with Gasteiger partial charge >= 0.3 is 0 Å². The van der Waals surface area contributed by atoms with Gasteiger partial charge in [-0.2, -0.15) is 5.10 Å². The molecule has 0 saturated carbocycles. The maximum Gasteiger partial charge on any atom is 0.271 e. The molecule has 0 radical (unpaired) electrons. The van der Waals surface area contributed by atoms with E-state index in [4.69, 9.17) is 9.47 Å². The largest absolute Gasteiger partial charge is 0.490 e. The summed E-state index contributed by atoms with van der Waals surface area (Å²) in [5.41, 5.74) is 4.98. The number of nitrogens with zero attached hydrogens (tertiary/aromatic N) is 1. The Kier molecular flexibility index (Phi) is 8.18. The second kappa shape index (κ2) is 11.5. The molecule has 34 heavy (non-hydrogen) atoms.